The van der Waals surface area contributed by atoms with Crippen LogP contribution >= 0.6 is 0 Å². The lowest BCUT2D eigenvalue weighted by atomic mass is 9.86. The van der Waals surface area contributed by atoms with Gasteiger partial charge in [0.25, 0.3) is 5.56 Å². The number of rotatable bonds is 21. The third-order valence-electron chi connectivity index (χ3n) is 14.6. The van der Waals surface area contributed by atoms with Gasteiger partial charge in [-0.1, -0.05) is 91.5 Å². The molecule has 1 fully saturated rings. The molecule has 5 atom stereocenters. The number of esters is 1. The molecule has 2 aromatic heterocycles. The first-order valence-electron chi connectivity index (χ1n) is 27.6. The molecule has 0 unspecified atom stereocenters. The molecule has 3 aliphatic rings. The van der Waals surface area contributed by atoms with Crippen LogP contribution in [-0.2, 0) is 86.1 Å². The van der Waals surface area contributed by atoms with Gasteiger partial charge in [-0.25, -0.2) is 9.78 Å². The number of para-hydroxylation sites is 1. The zero-order valence-electron chi connectivity index (χ0n) is 46.6. The zero-order chi connectivity index (χ0) is 60.8. The lowest BCUT2D eigenvalue weighted by molar-refractivity contribution is -0.172. The first-order chi connectivity index (χ1) is 40.8. The van der Waals surface area contributed by atoms with Gasteiger partial charge in [0, 0.05) is 66.5 Å². The number of carboxylic acids is 1. The van der Waals surface area contributed by atoms with Crippen LogP contribution in [0.3, 0.4) is 0 Å². The number of oxime groups is 1. The van der Waals surface area contributed by atoms with Gasteiger partial charge in [0.1, 0.15) is 37.4 Å². The number of pyridine rings is 2. The van der Waals surface area contributed by atoms with Crippen molar-refractivity contribution in [3.8, 4) is 11.4 Å². The van der Waals surface area contributed by atoms with Crippen LogP contribution in [0.2, 0.25) is 0 Å². The van der Waals surface area contributed by atoms with Gasteiger partial charge in [-0.3, -0.25) is 43.3 Å². The Balaban J connectivity index is 0.857. The molecule has 3 aliphatic heterocycles. The standard InChI is InChI=1S/C59H67N13O13/c1-3-59(83)41-26-47-51-39(31-72(47)56(81)40(41)32-84-57(59)82)38(37-12-7-8-13-42(37)68-51)30-66-85-23-22-62-48(73)19-20-49(74)64-29-36-17-15-35(16-18-36)25-45-53(78)69-43(14-9-21-63-58(60)61)52(77)65-28-33(2)67-46(27-50(75)76)55(80)71-44(54(79)70-45)24-34-10-5-4-6-11-34/h4-8,10-13,15-18,26,30,43-46,67,83H,2-3,9,14,19-25,27-29,31-32H2,1H3,(H,62,73)(H,64,74)(H,65,77)(H,69,78)(H,70,79)(H,71,80)(H,75,76)(H4,60,61,63)/b66-30-/t43-,44+,45-,46-,59-/m0/s1. The fourth-order valence-electron chi connectivity index (χ4n) is 10.1. The van der Waals surface area contributed by atoms with Gasteiger partial charge in [-0.15, -0.1) is 0 Å². The first-order valence-corrected chi connectivity index (χ1v) is 27.6. The van der Waals surface area contributed by atoms with E-state index in [0.717, 1.165) is 5.39 Å². The highest BCUT2D eigenvalue weighted by atomic mass is 16.6. The van der Waals surface area contributed by atoms with E-state index in [4.69, 9.17) is 26.0 Å². The summed E-state index contributed by atoms with van der Waals surface area (Å²) >= 11 is 0. The van der Waals surface area contributed by atoms with Crippen molar-refractivity contribution in [3.63, 3.8) is 0 Å². The number of nitrogens with two attached hydrogens (primary N) is 2. The van der Waals surface area contributed by atoms with Crippen molar-refractivity contribution in [2.75, 3.05) is 26.2 Å². The maximum atomic E-state index is 14.3. The van der Waals surface area contributed by atoms with Gasteiger partial charge in [0.15, 0.2) is 11.6 Å². The lowest BCUT2D eigenvalue weighted by Gasteiger charge is -2.31. The summed E-state index contributed by atoms with van der Waals surface area (Å²) in [5, 5.41) is 44.9. The highest BCUT2D eigenvalue weighted by molar-refractivity contribution is 6.02. The van der Waals surface area contributed by atoms with Crippen LogP contribution in [-0.4, -0.2) is 130 Å². The largest absolute Gasteiger partial charge is 0.481 e. The summed E-state index contributed by atoms with van der Waals surface area (Å²) in [5.41, 5.74) is 13.9. The topological polar surface area (TPSA) is 391 Å². The number of amides is 6. The maximum Gasteiger partial charge on any atom is 0.343 e. The number of ether oxygens (including phenoxy) is 1. The van der Waals surface area contributed by atoms with E-state index in [9.17, 15) is 53.4 Å². The first kappa shape index (κ1) is 61.1. The number of cyclic esters (lactones) is 1. The predicted molar refractivity (Wildman–Crippen MR) is 309 cm³/mol. The molecule has 26 heteroatoms. The summed E-state index contributed by atoms with van der Waals surface area (Å²) in [5.74, 6) is -6.07. The van der Waals surface area contributed by atoms with E-state index in [2.05, 4.69) is 53.9 Å². The number of nitrogens with one attached hydrogen (secondary N) is 7. The van der Waals surface area contributed by atoms with Crippen LogP contribution in [0, 0.1) is 0 Å². The second-order valence-corrected chi connectivity index (χ2v) is 20.6. The molecular weight excluding hydrogens is 1100 g/mol. The second-order valence-electron chi connectivity index (χ2n) is 20.6. The SMILES string of the molecule is C=C1CNC(=O)[C@H](CCCN=C(N)N)NC(=O)[C@H](Cc2ccc(CNC(=O)CCC(=O)NCCO/N=C\c3c4c(nc5ccccc35)-c3cc5c(c(=O)n3C4)COC(=O)[C@]5(O)CC)cc2)NC(=O)[C@@H](Cc2ccccc2)NC(=O)[C@H](CC(=O)O)N1. The Bertz CT molecular complexity index is 3510. The normalized spacial score (nSPS) is 19.7. The summed E-state index contributed by atoms with van der Waals surface area (Å²) in [6.07, 6.45) is 0.791. The molecule has 446 valence electrons. The Labute approximate surface area is 487 Å². The lowest BCUT2D eigenvalue weighted by Crippen LogP contribution is -2.58. The van der Waals surface area contributed by atoms with Gasteiger partial charge in [0.2, 0.25) is 35.4 Å². The number of aliphatic carboxylic acids is 1. The number of fused-ring (bicyclic) bond motifs is 5. The number of carbonyl (C=O) groups excluding carboxylic acids is 7. The number of aliphatic hydroxyl groups is 1. The molecule has 26 nitrogen and oxygen atoms in total. The number of carboxylic acid groups (broad SMARTS) is 1. The van der Waals surface area contributed by atoms with Crippen molar-refractivity contribution in [2.24, 2.45) is 21.6 Å². The number of aliphatic imine (C=N–C) groups is 1. The van der Waals surface area contributed by atoms with Crippen LogP contribution in [0.4, 0.5) is 0 Å². The van der Waals surface area contributed by atoms with E-state index < -0.39 is 89.1 Å². The molecular formula is C59H67N13O13. The Hall–Kier alpha value is -9.98. The molecule has 5 heterocycles. The zero-order valence-corrected chi connectivity index (χ0v) is 46.6. The predicted octanol–water partition coefficient (Wildman–Crippen LogP) is 0.0125. The number of nitrogens with zero attached hydrogens (tertiary/aromatic N) is 4. The Kier molecular flexibility index (Phi) is 20.0. The smallest absolute Gasteiger partial charge is 0.343 e. The minimum absolute atomic E-state index is 0.00744. The van der Waals surface area contributed by atoms with Gasteiger partial charge in [-0.2, -0.15) is 0 Å². The molecule has 6 amide bonds. The minimum Gasteiger partial charge on any atom is -0.481 e. The van der Waals surface area contributed by atoms with Crippen LogP contribution in [0.15, 0.2) is 112 Å². The van der Waals surface area contributed by atoms with Gasteiger partial charge in [-0.05, 0) is 48.1 Å². The minimum atomic E-state index is -1.97. The molecule has 8 rings (SSSR count). The number of hydrogen-bond donors (Lipinski definition) is 11. The van der Waals surface area contributed by atoms with Crippen LogP contribution in [0.1, 0.15) is 84.4 Å². The monoisotopic (exact) mass is 1170 g/mol. The summed E-state index contributed by atoms with van der Waals surface area (Å²) in [4.78, 5) is 134. The average Bonchev–Trinajstić information content (AvgIpc) is 1.86. The van der Waals surface area contributed by atoms with E-state index in [1.165, 1.54) is 10.8 Å². The Morgan fingerprint density at radius 1 is 0.824 bits per heavy atom. The molecule has 3 aromatic carbocycles. The highest BCUT2D eigenvalue weighted by Crippen LogP contribution is 2.40. The van der Waals surface area contributed by atoms with Crippen molar-refractivity contribution in [2.45, 2.75) is 108 Å². The Morgan fingerprint density at radius 3 is 2.14 bits per heavy atom. The van der Waals surface area contributed by atoms with E-state index in [0.29, 0.717) is 44.7 Å². The summed E-state index contributed by atoms with van der Waals surface area (Å²) < 4.78 is 6.73. The van der Waals surface area contributed by atoms with E-state index in [1.54, 1.807) is 67.6 Å². The highest BCUT2D eigenvalue weighted by Gasteiger charge is 2.45. The van der Waals surface area contributed by atoms with Crippen LogP contribution in [0.25, 0.3) is 22.3 Å². The molecule has 0 bridgehead atoms. The van der Waals surface area contributed by atoms with Crippen molar-refractivity contribution >= 4 is 70.5 Å². The van der Waals surface area contributed by atoms with Gasteiger partial charge < -0.3 is 73.0 Å². The third kappa shape index (κ3) is 15.4. The van der Waals surface area contributed by atoms with Crippen molar-refractivity contribution in [1.29, 1.82) is 0 Å². The van der Waals surface area contributed by atoms with Crippen molar-refractivity contribution in [1.82, 2.24) is 46.8 Å². The fraction of sp³-hybridized carbons (Fsp3) is 0.356. The van der Waals surface area contributed by atoms with E-state index >= 15 is 0 Å². The number of benzene rings is 3. The maximum absolute atomic E-state index is 14.3. The molecule has 0 radical (unpaired) electrons. The molecule has 0 aliphatic carbocycles. The second kappa shape index (κ2) is 27.9. The number of carbonyl (C=O) groups is 8. The number of guanidine groups is 1. The quantitative estimate of drug-likeness (QED) is 0.0149. The van der Waals surface area contributed by atoms with Gasteiger partial charge >= 0.3 is 11.9 Å². The number of aromatic nitrogens is 2. The third-order valence-corrected chi connectivity index (χ3v) is 14.6. The van der Waals surface area contributed by atoms with E-state index in [-0.39, 0.29) is 114 Å². The Morgan fingerprint density at radius 2 is 1.46 bits per heavy atom. The molecule has 0 spiro atoms. The number of hydrogen-bond acceptors (Lipinski definition) is 16. The summed E-state index contributed by atoms with van der Waals surface area (Å²) in [6, 6.07) is 19.4. The van der Waals surface area contributed by atoms with E-state index in [1.807, 2.05) is 24.3 Å². The summed E-state index contributed by atoms with van der Waals surface area (Å²) in [6.45, 7) is 5.41. The van der Waals surface area contributed by atoms with Crippen molar-refractivity contribution < 1.29 is 58.1 Å². The van der Waals surface area contributed by atoms with Crippen molar-refractivity contribution in [3.05, 3.63) is 147 Å². The summed E-state index contributed by atoms with van der Waals surface area (Å²) in [7, 11) is 0. The molecule has 5 aromatic rings. The molecule has 13 N–H and O–H groups in total. The molecule has 85 heavy (non-hydrogen) atoms. The van der Waals surface area contributed by atoms with Crippen LogP contribution in [0.5, 0.6) is 0 Å². The van der Waals surface area contributed by atoms with Gasteiger partial charge in [0.05, 0.1) is 54.7 Å². The molecule has 0 saturated carbocycles. The van der Waals surface area contributed by atoms with Crippen LogP contribution < -0.4 is 54.2 Å². The average molecular weight is 1170 g/mol. The fourth-order valence-corrected chi connectivity index (χ4v) is 10.1. The molecule has 1 saturated heterocycles.